The van der Waals surface area contributed by atoms with Crippen molar-refractivity contribution >= 4 is 5.97 Å². The van der Waals surface area contributed by atoms with E-state index in [1.807, 2.05) is 12.1 Å². The summed E-state index contributed by atoms with van der Waals surface area (Å²) in [6, 6.07) is 7.17. The average Bonchev–Trinajstić information content (AvgIpc) is 2.29. The van der Waals surface area contributed by atoms with Crippen molar-refractivity contribution in [2.75, 3.05) is 13.2 Å². The first-order chi connectivity index (χ1) is 7.72. The summed E-state index contributed by atoms with van der Waals surface area (Å²) >= 11 is 0. The molecule has 2 rings (SSSR count). The second-order valence-corrected chi connectivity index (χ2v) is 3.59. The smallest absolute Gasteiger partial charge is 0.311 e. The van der Waals surface area contributed by atoms with Crippen molar-refractivity contribution in [2.24, 2.45) is 11.7 Å². The molecule has 5 heteroatoms. The number of nitrogens with two attached hydrogens (primary N) is 1. The maximum atomic E-state index is 10.9. The number of rotatable bonds is 3. The first-order valence-corrected chi connectivity index (χ1v) is 5.03. The number of benzene rings is 1. The van der Waals surface area contributed by atoms with E-state index < -0.39 is 18.0 Å². The van der Waals surface area contributed by atoms with Gasteiger partial charge in [-0.15, -0.1) is 0 Å². The van der Waals surface area contributed by atoms with Gasteiger partial charge in [-0.25, -0.2) is 0 Å². The van der Waals surface area contributed by atoms with E-state index in [2.05, 4.69) is 0 Å². The van der Waals surface area contributed by atoms with E-state index in [0.717, 1.165) is 0 Å². The van der Waals surface area contributed by atoms with Crippen LogP contribution in [0.3, 0.4) is 0 Å². The molecular formula is C11H13NO4. The number of carbonyl (C=O) groups is 1. The molecule has 86 valence electrons. The molecule has 5 nitrogen and oxygen atoms in total. The molecule has 0 radical (unpaired) electrons. The zero-order chi connectivity index (χ0) is 11.5. The SMILES string of the molecule is NCC(C(=O)O)C1COc2ccccc2O1. The molecule has 1 aromatic carbocycles. The van der Waals surface area contributed by atoms with Gasteiger partial charge in [0, 0.05) is 6.54 Å². The van der Waals surface area contributed by atoms with Gasteiger partial charge >= 0.3 is 5.97 Å². The number of hydrogen-bond acceptors (Lipinski definition) is 4. The van der Waals surface area contributed by atoms with Crippen molar-refractivity contribution in [1.82, 2.24) is 0 Å². The largest absolute Gasteiger partial charge is 0.486 e. The summed E-state index contributed by atoms with van der Waals surface area (Å²) in [5, 5.41) is 8.96. The third kappa shape index (κ3) is 1.94. The van der Waals surface area contributed by atoms with E-state index in [-0.39, 0.29) is 13.2 Å². The predicted molar refractivity (Wildman–Crippen MR) is 56.5 cm³/mol. The van der Waals surface area contributed by atoms with Crippen molar-refractivity contribution in [3.05, 3.63) is 24.3 Å². The second-order valence-electron chi connectivity index (χ2n) is 3.59. The summed E-state index contributed by atoms with van der Waals surface area (Å²) < 4.78 is 11.0. The van der Waals surface area contributed by atoms with Crippen LogP contribution >= 0.6 is 0 Å². The maximum Gasteiger partial charge on any atom is 0.311 e. The Morgan fingerprint density at radius 3 is 2.81 bits per heavy atom. The summed E-state index contributed by atoms with van der Waals surface area (Å²) in [7, 11) is 0. The summed E-state index contributed by atoms with van der Waals surface area (Å²) in [5.74, 6) is -0.498. The quantitative estimate of drug-likeness (QED) is 0.779. The van der Waals surface area contributed by atoms with E-state index >= 15 is 0 Å². The Hall–Kier alpha value is -1.75. The summed E-state index contributed by atoms with van der Waals surface area (Å²) in [6.45, 7) is 0.247. The molecule has 2 atom stereocenters. The van der Waals surface area contributed by atoms with Gasteiger partial charge in [0.25, 0.3) is 0 Å². The minimum Gasteiger partial charge on any atom is -0.486 e. The molecule has 0 amide bonds. The Labute approximate surface area is 92.8 Å². The molecule has 3 N–H and O–H groups in total. The number of aliphatic carboxylic acids is 1. The van der Waals surface area contributed by atoms with Crippen LogP contribution in [0.25, 0.3) is 0 Å². The predicted octanol–water partition coefficient (Wildman–Crippen LogP) is 0.486. The molecule has 1 aliphatic rings. The van der Waals surface area contributed by atoms with E-state index in [4.69, 9.17) is 20.3 Å². The second kappa shape index (κ2) is 4.40. The van der Waals surface area contributed by atoms with E-state index in [9.17, 15) is 4.79 Å². The van der Waals surface area contributed by atoms with Gasteiger partial charge < -0.3 is 20.3 Å². The van der Waals surface area contributed by atoms with Crippen LogP contribution in [0, 0.1) is 5.92 Å². The first kappa shape index (κ1) is 10.8. The van der Waals surface area contributed by atoms with Gasteiger partial charge in [-0.05, 0) is 12.1 Å². The Morgan fingerprint density at radius 2 is 2.19 bits per heavy atom. The minimum atomic E-state index is -0.963. The van der Waals surface area contributed by atoms with Crippen molar-refractivity contribution in [1.29, 1.82) is 0 Å². The summed E-state index contributed by atoms with van der Waals surface area (Å²) in [5.41, 5.74) is 5.41. The third-order valence-corrected chi connectivity index (χ3v) is 2.55. The van der Waals surface area contributed by atoms with E-state index in [1.165, 1.54) is 0 Å². The Balaban J connectivity index is 2.15. The Bertz CT molecular complexity index is 393. The molecule has 0 aliphatic carbocycles. The van der Waals surface area contributed by atoms with Gasteiger partial charge in [0.2, 0.25) is 0 Å². The van der Waals surface area contributed by atoms with Gasteiger partial charge in [-0.3, -0.25) is 4.79 Å². The molecule has 16 heavy (non-hydrogen) atoms. The van der Waals surface area contributed by atoms with Gasteiger partial charge in [0.05, 0.1) is 0 Å². The zero-order valence-electron chi connectivity index (χ0n) is 8.63. The highest BCUT2D eigenvalue weighted by atomic mass is 16.6. The van der Waals surface area contributed by atoms with Gasteiger partial charge in [0.15, 0.2) is 11.5 Å². The number of carboxylic acids is 1. The minimum absolute atomic E-state index is 0.0333. The lowest BCUT2D eigenvalue weighted by Gasteiger charge is -2.29. The zero-order valence-corrected chi connectivity index (χ0v) is 8.63. The molecule has 2 unspecified atom stereocenters. The fraction of sp³-hybridized carbons (Fsp3) is 0.364. The van der Waals surface area contributed by atoms with Crippen molar-refractivity contribution in [3.63, 3.8) is 0 Å². The lowest BCUT2D eigenvalue weighted by Crippen LogP contribution is -2.43. The normalized spacial score (nSPS) is 20.2. The number of carboxylic acid groups (broad SMARTS) is 1. The lowest BCUT2D eigenvalue weighted by atomic mass is 10.0. The highest BCUT2D eigenvalue weighted by Crippen LogP contribution is 2.32. The lowest BCUT2D eigenvalue weighted by molar-refractivity contribution is -0.145. The first-order valence-electron chi connectivity index (χ1n) is 5.03. The molecule has 1 aliphatic heterocycles. The molecule has 0 bridgehead atoms. The van der Waals surface area contributed by atoms with Crippen LogP contribution in [0.4, 0.5) is 0 Å². The van der Waals surface area contributed by atoms with Crippen LogP contribution in [0.5, 0.6) is 11.5 Å². The molecule has 0 fully saturated rings. The average molecular weight is 223 g/mol. The number of ether oxygens (including phenoxy) is 2. The molecule has 1 aromatic rings. The van der Waals surface area contributed by atoms with Crippen LogP contribution in [0.1, 0.15) is 0 Å². The monoisotopic (exact) mass is 223 g/mol. The van der Waals surface area contributed by atoms with Gasteiger partial charge in [0.1, 0.15) is 18.6 Å². The number of fused-ring (bicyclic) bond motifs is 1. The number of hydrogen-bond donors (Lipinski definition) is 2. The Morgan fingerprint density at radius 1 is 1.50 bits per heavy atom. The molecular weight excluding hydrogens is 210 g/mol. The van der Waals surface area contributed by atoms with Crippen LogP contribution in [-0.4, -0.2) is 30.3 Å². The Kier molecular flexibility index (Phi) is 2.96. The molecule has 0 spiro atoms. The van der Waals surface area contributed by atoms with Crippen molar-refractivity contribution < 1.29 is 19.4 Å². The maximum absolute atomic E-state index is 10.9. The molecule has 1 heterocycles. The molecule has 0 aromatic heterocycles. The van der Waals surface area contributed by atoms with Gasteiger partial charge in [-0.1, -0.05) is 12.1 Å². The van der Waals surface area contributed by atoms with Gasteiger partial charge in [-0.2, -0.15) is 0 Å². The van der Waals surface area contributed by atoms with Crippen molar-refractivity contribution in [3.8, 4) is 11.5 Å². The standard InChI is InChI=1S/C11H13NO4/c12-5-7(11(13)14)10-6-15-8-3-1-2-4-9(8)16-10/h1-4,7,10H,5-6,12H2,(H,13,14). The summed E-state index contributed by atoms with van der Waals surface area (Å²) in [4.78, 5) is 10.9. The van der Waals surface area contributed by atoms with Crippen LogP contribution < -0.4 is 15.2 Å². The van der Waals surface area contributed by atoms with Crippen LogP contribution in [0.15, 0.2) is 24.3 Å². The summed E-state index contributed by atoms with van der Waals surface area (Å²) in [6.07, 6.45) is -0.530. The van der Waals surface area contributed by atoms with Crippen LogP contribution in [-0.2, 0) is 4.79 Å². The molecule has 0 saturated heterocycles. The van der Waals surface area contributed by atoms with E-state index in [1.54, 1.807) is 12.1 Å². The number of para-hydroxylation sites is 2. The topological polar surface area (TPSA) is 81.8 Å². The molecule has 0 saturated carbocycles. The third-order valence-electron chi connectivity index (χ3n) is 2.55. The highest BCUT2D eigenvalue weighted by Gasteiger charge is 2.32. The fourth-order valence-electron chi connectivity index (χ4n) is 1.65. The van der Waals surface area contributed by atoms with Crippen LogP contribution in [0.2, 0.25) is 0 Å². The van der Waals surface area contributed by atoms with E-state index in [0.29, 0.717) is 11.5 Å². The fourth-order valence-corrected chi connectivity index (χ4v) is 1.65. The highest BCUT2D eigenvalue weighted by molar-refractivity contribution is 5.71. The van der Waals surface area contributed by atoms with Crippen molar-refractivity contribution in [2.45, 2.75) is 6.10 Å².